The first-order chi connectivity index (χ1) is 33.2. The molecule has 0 radical (unpaired) electrons. The first-order valence-electron chi connectivity index (χ1n) is 22.6. The van der Waals surface area contributed by atoms with Crippen LogP contribution in [0.2, 0.25) is 0 Å². The highest BCUT2D eigenvalue weighted by Crippen LogP contribution is 2.46. The number of nitrogens with zero attached hydrogens (tertiary/aromatic N) is 4. The number of hydrogen-bond donors (Lipinski definition) is 0. The van der Waals surface area contributed by atoms with E-state index in [1.165, 1.54) is 58.6 Å². The Kier molecular flexibility index (Phi) is 7.59. The summed E-state index contributed by atoms with van der Waals surface area (Å²) in [6.45, 7) is 0. The second-order valence-corrected chi connectivity index (χ2v) is 18.6. The van der Waals surface area contributed by atoms with Crippen molar-refractivity contribution in [3.8, 4) is 39.9 Å². The Morgan fingerprint density at radius 1 is 0.358 bits per heavy atom. The fraction of sp³-hybridized carbons (Fsp3) is 0. The van der Waals surface area contributed by atoms with E-state index in [1.807, 2.05) is 12.1 Å². The number of aromatic nitrogens is 4. The van der Waals surface area contributed by atoms with Crippen molar-refractivity contribution in [2.75, 3.05) is 0 Å². The van der Waals surface area contributed by atoms with E-state index >= 15 is 0 Å². The highest BCUT2D eigenvalue weighted by Gasteiger charge is 2.23. The molecular formula is C61H34N4OS. The van der Waals surface area contributed by atoms with E-state index in [2.05, 4.69) is 199 Å². The van der Waals surface area contributed by atoms with E-state index in [0.29, 0.717) is 17.5 Å². The standard InChI is InChI=1S/C61H34N4OS/c1-2-14-38-29-41(22-21-35(38)11-1)59-62-60(42-23-26-47-46-19-9-10-20-53(46)66-54(47)32-42)64-61(63-59)50-34-43(33-49-57-45-18-8-6-13-37(45)25-28-55(57)67-58(49)50)65-51-27-24-36-12-5-7-17-44(36)56(51)48-30-39-15-3-4-16-40(39)31-52(48)65/h1-34H. The molecular weight excluding hydrogens is 837 g/mol. The maximum atomic E-state index is 6.43. The van der Waals surface area contributed by atoms with Crippen LogP contribution >= 0.6 is 11.3 Å². The minimum Gasteiger partial charge on any atom is -0.456 e. The number of rotatable bonds is 4. The van der Waals surface area contributed by atoms with Gasteiger partial charge < -0.3 is 8.98 Å². The lowest BCUT2D eigenvalue weighted by Crippen LogP contribution is -2.01. The molecule has 0 atom stereocenters. The molecule has 0 aliphatic heterocycles. The molecule has 0 bridgehead atoms. The van der Waals surface area contributed by atoms with Gasteiger partial charge in [0.25, 0.3) is 0 Å². The first kappa shape index (κ1) is 36.6. The molecule has 5 nitrogen and oxygen atoms in total. The summed E-state index contributed by atoms with van der Waals surface area (Å²) in [5.74, 6) is 1.79. The minimum atomic E-state index is 0.579. The van der Waals surface area contributed by atoms with Gasteiger partial charge in [-0.15, -0.1) is 11.3 Å². The predicted molar refractivity (Wildman–Crippen MR) is 281 cm³/mol. The number of furan rings is 1. The molecule has 4 aromatic heterocycles. The molecule has 15 aromatic rings. The van der Waals surface area contributed by atoms with Gasteiger partial charge in [-0.25, -0.2) is 15.0 Å². The summed E-state index contributed by atoms with van der Waals surface area (Å²) in [6.07, 6.45) is 0. The highest BCUT2D eigenvalue weighted by atomic mass is 32.1. The molecule has 15 rings (SSSR count). The molecule has 0 saturated heterocycles. The van der Waals surface area contributed by atoms with Gasteiger partial charge in [0.2, 0.25) is 0 Å². The number of thiophene rings is 1. The van der Waals surface area contributed by atoms with Gasteiger partial charge in [-0.05, 0) is 104 Å². The average molecular weight is 871 g/mol. The average Bonchev–Trinajstić information content (AvgIpc) is 4.06. The molecule has 0 saturated carbocycles. The summed E-state index contributed by atoms with van der Waals surface area (Å²) in [4.78, 5) is 16.2. The van der Waals surface area contributed by atoms with E-state index < -0.39 is 0 Å². The zero-order chi connectivity index (χ0) is 43.7. The summed E-state index contributed by atoms with van der Waals surface area (Å²) < 4.78 is 11.2. The zero-order valence-corrected chi connectivity index (χ0v) is 36.6. The molecule has 0 spiro atoms. The summed E-state index contributed by atoms with van der Waals surface area (Å²) in [5.41, 5.74) is 7.70. The Balaban J connectivity index is 1.07. The van der Waals surface area contributed by atoms with Gasteiger partial charge in [0.05, 0.1) is 11.0 Å². The van der Waals surface area contributed by atoms with Crippen LogP contribution < -0.4 is 0 Å². The zero-order valence-electron chi connectivity index (χ0n) is 35.7. The van der Waals surface area contributed by atoms with Crippen molar-refractivity contribution >= 4 is 118 Å². The topological polar surface area (TPSA) is 56.7 Å². The number of benzene rings is 11. The SMILES string of the molecule is c1ccc2cc(-c3nc(-c4ccc5c(c4)oc4ccccc45)nc(-c4cc(-n5c6cc7ccccc7cc6c6c7ccccc7ccc65)cc5c4sc4ccc6ccccc6c45)n3)ccc2c1. The van der Waals surface area contributed by atoms with Crippen molar-refractivity contribution in [1.29, 1.82) is 0 Å². The summed E-state index contributed by atoms with van der Waals surface area (Å²) >= 11 is 1.80. The molecule has 11 aromatic carbocycles. The van der Waals surface area contributed by atoms with E-state index in [-0.39, 0.29) is 0 Å². The molecule has 0 unspecified atom stereocenters. The summed E-state index contributed by atoms with van der Waals surface area (Å²) in [5, 5.41) is 16.6. The predicted octanol–water partition coefficient (Wildman–Crippen LogP) is 16.8. The first-order valence-corrected chi connectivity index (χ1v) is 23.4. The van der Waals surface area contributed by atoms with E-state index in [9.17, 15) is 0 Å². The second kappa shape index (κ2) is 13.9. The Bertz CT molecular complexity index is 4600. The van der Waals surface area contributed by atoms with Gasteiger partial charge in [-0.2, -0.15) is 0 Å². The van der Waals surface area contributed by atoms with Gasteiger partial charge in [0, 0.05) is 64.1 Å². The van der Waals surface area contributed by atoms with Gasteiger partial charge in [0.1, 0.15) is 11.2 Å². The molecule has 0 aliphatic carbocycles. The van der Waals surface area contributed by atoms with Gasteiger partial charge in [-0.3, -0.25) is 0 Å². The van der Waals surface area contributed by atoms with Crippen LogP contribution in [0.1, 0.15) is 0 Å². The Hall–Kier alpha value is -8.71. The second-order valence-electron chi connectivity index (χ2n) is 17.5. The van der Waals surface area contributed by atoms with Crippen molar-refractivity contribution in [2.24, 2.45) is 0 Å². The largest absolute Gasteiger partial charge is 0.456 e. The molecule has 6 heteroatoms. The lowest BCUT2D eigenvalue weighted by atomic mass is 10.0. The fourth-order valence-corrected chi connectivity index (χ4v) is 11.8. The van der Waals surface area contributed by atoms with Crippen LogP contribution in [-0.2, 0) is 0 Å². The van der Waals surface area contributed by atoms with Crippen molar-refractivity contribution in [1.82, 2.24) is 19.5 Å². The summed E-state index contributed by atoms with van der Waals surface area (Å²) in [6, 6.07) is 74.0. The summed E-state index contributed by atoms with van der Waals surface area (Å²) in [7, 11) is 0. The van der Waals surface area contributed by atoms with E-state index in [4.69, 9.17) is 19.4 Å². The number of para-hydroxylation sites is 1. The van der Waals surface area contributed by atoms with Crippen LogP contribution in [0.4, 0.5) is 0 Å². The third kappa shape index (κ3) is 5.51. The van der Waals surface area contributed by atoms with E-state index in [1.54, 1.807) is 11.3 Å². The van der Waals surface area contributed by atoms with Gasteiger partial charge in [-0.1, -0.05) is 146 Å². The molecule has 0 N–H and O–H groups in total. The van der Waals surface area contributed by atoms with Crippen molar-refractivity contribution in [3.05, 3.63) is 206 Å². The molecule has 310 valence electrons. The minimum absolute atomic E-state index is 0.579. The van der Waals surface area contributed by atoms with Crippen LogP contribution in [0.5, 0.6) is 0 Å². The third-order valence-electron chi connectivity index (χ3n) is 13.7. The molecule has 4 heterocycles. The molecule has 0 aliphatic rings. The third-order valence-corrected chi connectivity index (χ3v) is 15.0. The van der Waals surface area contributed by atoms with Crippen molar-refractivity contribution in [2.45, 2.75) is 0 Å². The monoisotopic (exact) mass is 870 g/mol. The maximum Gasteiger partial charge on any atom is 0.165 e. The Labute approximate surface area is 386 Å². The lowest BCUT2D eigenvalue weighted by molar-refractivity contribution is 0.669. The van der Waals surface area contributed by atoms with E-state index in [0.717, 1.165) is 70.8 Å². The molecule has 67 heavy (non-hydrogen) atoms. The van der Waals surface area contributed by atoms with Crippen LogP contribution in [0, 0.1) is 0 Å². The quantitative estimate of drug-likeness (QED) is 0.177. The number of hydrogen-bond acceptors (Lipinski definition) is 5. The highest BCUT2D eigenvalue weighted by molar-refractivity contribution is 7.26. The van der Waals surface area contributed by atoms with Crippen LogP contribution in [-0.4, -0.2) is 19.5 Å². The molecule has 0 fully saturated rings. The lowest BCUT2D eigenvalue weighted by Gasteiger charge is -2.14. The van der Waals surface area contributed by atoms with Gasteiger partial charge in [0.15, 0.2) is 17.5 Å². The molecule has 0 amide bonds. The van der Waals surface area contributed by atoms with Crippen molar-refractivity contribution in [3.63, 3.8) is 0 Å². The Morgan fingerprint density at radius 2 is 0.940 bits per heavy atom. The van der Waals surface area contributed by atoms with Crippen LogP contribution in [0.15, 0.2) is 211 Å². The van der Waals surface area contributed by atoms with Crippen LogP contribution in [0.25, 0.3) is 147 Å². The normalized spacial score (nSPS) is 12.2. The number of fused-ring (bicyclic) bond motifs is 15. The van der Waals surface area contributed by atoms with Crippen LogP contribution in [0.3, 0.4) is 0 Å². The fourth-order valence-electron chi connectivity index (χ4n) is 10.6. The maximum absolute atomic E-state index is 6.43. The van der Waals surface area contributed by atoms with Gasteiger partial charge >= 0.3 is 0 Å². The van der Waals surface area contributed by atoms with Crippen molar-refractivity contribution < 1.29 is 4.42 Å². The Morgan fingerprint density at radius 3 is 1.73 bits per heavy atom. The smallest absolute Gasteiger partial charge is 0.165 e.